The highest BCUT2D eigenvalue weighted by Gasteiger charge is 2.18. The molecule has 1 heterocycles. The van der Waals surface area contributed by atoms with Gasteiger partial charge in [-0.15, -0.1) is 0 Å². The number of hydrogen-bond donors (Lipinski definition) is 1. The van der Waals surface area contributed by atoms with E-state index in [4.69, 9.17) is 9.47 Å². The van der Waals surface area contributed by atoms with Crippen LogP contribution in [0.15, 0.2) is 29.8 Å². The maximum absolute atomic E-state index is 12.2. The molecule has 0 spiro atoms. The smallest absolute Gasteiger partial charge is 0.340 e. The molecule has 1 aliphatic heterocycles. The summed E-state index contributed by atoms with van der Waals surface area (Å²) in [6, 6.07) is 5.39. The lowest BCUT2D eigenvalue weighted by atomic mass is 10.1. The van der Waals surface area contributed by atoms with Gasteiger partial charge in [-0.3, -0.25) is 4.79 Å². The largest absolute Gasteiger partial charge is 0.465 e. The monoisotopic (exact) mass is 332 g/mol. The Morgan fingerprint density at radius 2 is 2.04 bits per heavy atom. The van der Waals surface area contributed by atoms with Gasteiger partial charge in [0.25, 0.3) is 5.91 Å². The molecule has 24 heavy (non-hydrogen) atoms. The highest BCUT2D eigenvalue weighted by Crippen LogP contribution is 2.25. The van der Waals surface area contributed by atoms with Gasteiger partial charge < -0.3 is 19.7 Å². The van der Waals surface area contributed by atoms with Crippen LogP contribution in [0.4, 0.5) is 11.4 Å². The van der Waals surface area contributed by atoms with Crippen LogP contribution in [0.2, 0.25) is 0 Å². The lowest BCUT2D eigenvalue weighted by molar-refractivity contribution is -0.112. The van der Waals surface area contributed by atoms with Crippen molar-refractivity contribution in [3.8, 4) is 0 Å². The van der Waals surface area contributed by atoms with Gasteiger partial charge in [-0.2, -0.15) is 0 Å². The van der Waals surface area contributed by atoms with Crippen molar-refractivity contribution in [2.24, 2.45) is 0 Å². The highest BCUT2D eigenvalue weighted by atomic mass is 16.5. The van der Waals surface area contributed by atoms with Crippen LogP contribution in [0.25, 0.3) is 0 Å². The number of ether oxygens (including phenoxy) is 2. The third-order valence-corrected chi connectivity index (χ3v) is 3.90. The topological polar surface area (TPSA) is 67.9 Å². The number of allylic oxidation sites excluding steroid dienone is 1. The van der Waals surface area contributed by atoms with E-state index in [1.165, 1.54) is 7.11 Å². The summed E-state index contributed by atoms with van der Waals surface area (Å²) in [7, 11) is 1.33. The zero-order chi connectivity index (χ0) is 17.5. The standard InChI is InChI=1S/C18H24N2O4/c1-4-5-13(2)17(21)19-16-7-6-14(12-15(16)18(22)23-3)20-8-10-24-11-9-20/h5-7,12H,4,8-11H2,1-3H3,(H,19,21)/b13-5-. The summed E-state index contributed by atoms with van der Waals surface area (Å²) in [5.41, 5.74) is 2.33. The number of nitrogens with zero attached hydrogens (tertiary/aromatic N) is 1. The summed E-state index contributed by atoms with van der Waals surface area (Å²) >= 11 is 0. The fraction of sp³-hybridized carbons (Fsp3) is 0.444. The number of rotatable bonds is 5. The van der Waals surface area contributed by atoms with Crippen LogP contribution in [0.5, 0.6) is 0 Å². The molecule has 0 aliphatic carbocycles. The Balaban J connectivity index is 2.28. The molecule has 0 bridgehead atoms. The van der Waals surface area contributed by atoms with Crippen molar-refractivity contribution in [3.05, 3.63) is 35.4 Å². The Kier molecular flexibility index (Phi) is 6.37. The molecular formula is C18H24N2O4. The van der Waals surface area contributed by atoms with E-state index < -0.39 is 5.97 Å². The predicted octanol–water partition coefficient (Wildman–Crippen LogP) is 2.60. The van der Waals surface area contributed by atoms with Crippen molar-refractivity contribution >= 4 is 23.3 Å². The van der Waals surface area contributed by atoms with Gasteiger partial charge in [0.1, 0.15) is 0 Å². The van der Waals surface area contributed by atoms with Crippen LogP contribution in [0.1, 0.15) is 30.6 Å². The van der Waals surface area contributed by atoms with Crippen molar-refractivity contribution < 1.29 is 19.1 Å². The van der Waals surface area contributed by atoms with Gasteiger partial charge in [0.15, 0.2) is 0 Å². The van der Waals surface area contributed by atoms with E-state index in [9.17, 15) is 9.59 Å². The van der Waals surface area contributed by atoms with E-state index in [1.807, 2.05) is 19.1 Å². The van der Waals surface area contributed by atoms with Crippen molar-refractivity contribution in [1.29, 1.82) is 0 Å². The summed E-state index contributed by atoms with van der Waals surface area (Å²) in [4.78, 5) is 26.5. The highest BCUT2D eigenvalue weighted by molar-refractivity contribution is 6.07. The van der Waals surface area contributed by atoms with Gasteiger partial charge >= 0.3 is 5.97 Å². The molecule has 6 heteroatoms. The summed E-state index contributed by atoms with van der Waals surface area (Å²) in [5.74, 6) is -0.696. The molecule has 1 fully saturated rings. The minimum atomic E-state index is -0.475. The number of carbonyl (C=O) groups excluding carboxylic acids is 2. The number of esters is 1. The zero-order valence-electron chi connectivity index (χ0n) is 14.4. The summed E-state index contributed by atoms with van der Waals surface area (Å²) in [6.45, 7) is 6.57. The second-order valence-corrected chi connectivity index (χ2v) is 5.57. The maximum atomic E-state index is 12.2. The number of nitrogens with one attached hydrogen (secondary N) is 1. The normalized spacial score (nSPS) is 15.1. The maximum Gasteiger partial charge on any atom is 0.340 e. The average Bonchev–Trinajstić information content (AvgIpc) is 2.62. The van der Waals surface area contributed by atoms with Crippen LogP contribution in [0, 0.1) is 0 Å². The number of amides is 1. The molecule has 0 unspecified atom stereocenters. The molecule has 0 atom stereocenters. The van der Waals surface area contributed by atoms with Gasteiger partial charge in [0.2, 0.25) is 0 Å². The minimum absolute atomic E-state index is 0.221. The second kappa shape index (κ2) is 8.49. The number of benzene rings is 1. The number of methoxy groups -OCH3 is 1. The summed E-state index contributed by atoms with van der Waals surface area (Å²) in [6.07, 6.45) is 2.62. The molecule has 1 aliphatic rings. The molecule has 1 aromatic rings. The van der Waals surface area contributed by atoms with Crippen LogP contribution in [-0.2, 0) is 14.3 Å². The molecule has 6 nitrogen and oxygen atoms in total. The van der Waals surface area contributed by atoms with E-state index in [-0.39, 0.29) is 5.91 Å². The molecule has 130 valence electrons. The van der Waals surface area contributed by atoms with Gasteiger partial charge in [-0.05, 0) is 31.5 Å². The average molecular weight is 332 g/mol. The Bertz CT molecular complexity index is 634. The van der Waals surface area contributed by atoms with Gasteiger partial charge in [-0.1, -0.05) is 13.0 Å². The summed E-state index contributed by atoms with van der Waals surface area (Å²) in [5, 5.41) is 2.79. The van der Waals surface area contributed by atoms with Crippen LogP contribution in [0.3, 0.4) is 0 Å². The number of anilines is 2. The first-order chi connectivity index (χ1) is 11.6. The van der Waals surface area contributed by atoms with Gasteiger partial charge in [0.05, 0.1) is 31.6 Å². The molecule has 1 amide bonds. The number of carbonyl (C=O) groups is 2. The molecule has 1 saturated heterocycles. The Hall–Kier alpha value is -2.34. The summed E-state index contributed by atoms with van der Waals surface area (Å²) < 4.78 is 10.2. The van der Waals surface area contributed by atoms with Crippen molar-refractivity contribution in [2.45, 2.75) is 20.3 Å². The molecule has 0 radical (unpaired) electrons. The van der Waals surface area contributed by atoms with E-state index in [0.29, 0.717) is 30.0 Å². The van der Waals surface area contributed by atoms with Crippen molar-refractivity contribution in [2.75, 3.05) is 43.6 Å². The van der Waals surface area contributed by atoms with E-state index >= 15 is 0 Å². The molecule has 0 saturated carbocycles. The number of hydrogen-bond acceptors (Lipinski definition) is 5. The lowest BCUT2D eigenvalue weighted by Gasteiger charge is -2.29. The molecule has 2 rings (SSSR count). The minimum Gasteiger partial charge on any atom is -0.465 e. The first kappa shape index (κ1) is 18.0. The third kappa shape index (κ3) is 4.35. The van der Waals surface area contributed by atoms with Gasteiger partial charge in [0, 0.05) is 24.4 Å². The van der Waals surface area contributed by atoms with Crippen molar-refractivity contribution in [1.82, 2.24) is 0 Å². The fourth-order valence-corrected chi connectivity index (χ4v) is 2.56. The van der Waals surface area contributed by atoms with Crippen molar-refractivity contribution in [3.63, 3.8) is 0 Å². The Labute approximate surface area is 142 Å². The first-order valence-electron chi connectivity index (χ1n) is 8.10. The van der Waals surface area contributed by atoms with Crippen LogP contribution >= 0.6 is 0 Å². The molecule has 0 aromatic heterocycles. The fourth-order valence-electron chi connectivity index (χ4n) is 2.56. The second-order valence-electron chi connectivity index (χ2n) is 5.57. The molecule has 1 N–H and O–H groups in total. The van der Waals surface area contributed by atoms with E-state index in [2.05, 4.69) is 10.2 Å². The number of morpholine rings is 1. The third-order valence-electron chi connectivity index (χ3n) is 3.90. The Morgan fingerprint density at radius 3 is 2.67 bits per heavy atom. The SMILES string of the molecule is CC/C=C(/C)C(=O)Nc1ccc(N2CCOCC2)cc1C(=O)OC. The lowest BCUT2D eigenvalue weighted by Crippen LogP contribution is -2.36. The molecule has 1 aromatic carbocycles. The van der Waals surface area contributed by atoms with Crippen LogP contribution in [-0.4, -0.2) is 45.3 Å². The zero-order valence-corrected chi connectivity index (χ0v) is 14.4. The van der Waals surface area contributed by atoms with E-state index in [0.717, 1.165) is 25.2 Å². The van der Waals surface area contributed by atoms with E-state index in [1.54, 1.807) is 19.1 Å². The quantitative estimate of drug-likeness (QED) is 0.663. The Morgan fingerprint density at radius 1 is 1.33 bits per heavy atom. The molecular weight excluding hydrogens is 308 g/mol. The van der Waals surface area contributed by atoms with Crippen LogP contribution < -0.4 is 10.2 Å². The van der Waals surface area contributed by atoms with Gasteiger partial charge in [-0.25, -0.2) is 4.79 Å². The predicted molar refractivity (Wildman–Crippen MR) is 93.5 cm³/mol. The first-order valence-corrected chi connectivity index (χ1v) is 8.10.